The Labute approximate surface area is 105 Å². The molecule has 0 atom stereocenters. The lowest BCUT2D eigenvalue weighted by atomic mass is 10.1. The molecule has 0 spiro atoms. The van der Waals surface area contributed by atoms with Crippen LogP contribution in [0.15, 0.2) is 30.5 Å². The van der Waals surface area contributed by atoms with E-state index in [1.165, 1.54) is 19.4 Å². The molecule has 96 valence electrons. The molecule has 0 aliphatic heterocycles. The van der Waals surface area contributed by atoms with E-state index in [0.717, 1.165) is 0 Å². The number of hydrogen-bond acceptors (Lipinski definition) is 4. The molecule has 1 aromatic carbocycles. The van der Waals surface area contributed by atoms with Gasteiger partial charge in [-0.3, -0.25) is 4.98 Å². The summed E-state index contributed by atoms with van der Waals surface area (Å²) in [4.78, 5) is 15.0. The van der Waals surface area contributed by atoms with Crippen LogP contribution in [0.1, 0.15) is 10.4 Å². The van der Waals surface area contributed by atoms with Gasteiger partial charge in [0.1, 0.15) is 5.75 Å². The van der Waals surface area contributed by atoms with E-state index in [1.807, 2.05) is 14.1 Å². The molecule has 0 saturated heterocycles. The zero-order chi connectivity index (χ0) is 13.5. The number of carbonyl (C=O) groups is 1. The van der Waals surface area contributed by atoms with Crippen LogP contribution in [-0.2, 0) is 0 Å². The highest BCUT2D eigenvalue weighted by Gasteiger charge is 2.09. The van der Waals surface area contributed by atoms with Gasteiger partial charge in [0.25, 0.3) is 0 Å². The first-order chi connectivity index (χ1) is 8.63. The average Bonchev–Trinajstić information content (AvgIpc) is 2.38. The predicted molar refractivity (Wildman–Crippen MR) is 70.2 cm³/mol. The largest absolute Gasteiger partial charge is 0.497 e. The quantitative estimate of drug-likeness (QED) is 0.847. The van der Waals surface area contributed by atoms with Crippen LogP contribution in [0.2, 0.25) is 0 Å². The Kier molecular flexibility index (Phi) is 5.07. The van der Waals surface area contributed by atoms with Gasteiger partial charge in [0.2, 0.25) is 0 Å². The van der Waals surface area contributed by atoms with Gasteiger partial charge in [0.05, 0.1) is 18.2 Å². The second kappa shape index (κ2) is 6.56. The summed E-state index contributed by atoms with van der Waals surface area (Å²) in [6.07, 6.45) is 1.48. The number of methoxy groups -OCH3 is 1. The van der Waals surface area contributed by atoms with E-state index < -0.39 is 5.97 Å². The number of carboxylic acids is 1. The lowest BCUT2D eigenvalue weighted by Crippen LogP contribution is -1.98. The highest BCUT2D eigenvalue weighted by molar-refractivity contribution is 6.02. The summed E-state index contributed by atoms with van der Waals surface area (Å²) in [6, 6.07) is 6.64. The number of carboxylic acid groups (broad SMARTS) is 1. The normalized spacial score (nSPS) is 9.50. The summed E-state index contributed by atoms with van der Waals surface area (Å²) in [6.45, 7) is 0. The molecule has 1 heterocycles. The maximum absolute atomic E-state index is 10.9. The lowest BCUT2D eigenvalue weighted by molar-refractivity contribution is 0.0699. The van der Waals surface area contributed by atoms with Crippen molar-refractivity contribution in [3.8, 4) is 5.75 Å². The van der Waals surface area contributed by atoms with Gasteiger partial charge in [-0.05, 0) is 38.4 Å². The van der Waals surface area contributed by atoms with Crippen molar-refractivity contribution in [3.05, 3.63) is 36.0 Å². The number of pyridine rings is 1. The molecule has 2 N–H and O–H groups in total. The fourth-order valence-corrected chi connectivity index (χ4v) is 1.44. The van der Waals surface area contributed by atoms with Crippen LogP contribution in [0.5, 0.6) is 5.75 Å². The standard InChI is InChI=1S/C11H9NO3.C2H7N/c1-15-7-2-3-10-9(6-7)8(11(13)14)4-5-12-10;1-3-2/h2-6H,1H3,(H,13,14);3H,1-2H3. The van der Waals surface area contributed by atoms with Gasteiger partial charge in [-0.2, -0.15) is 0 Å². The van der Waals surface area contributed by atoms with E-state index >= 15 is 0 Å². The highest BCUT2D eigenvalue weighted by atomic mass is 16.5. The topological polar surface area (TPSA) is 71.5 Å². The summed E-state index contributed by atoms with van der Waals surface area (Å²) < 4.78 is 5.04. The number of rotatable bonds is 2. The molecule has 0 unspecified atom stereocenters. The van der Waals surface area contributed by atoms with Gasteiger partial charge < -0.3 is 15.2 Å². The number of aromatic nitrogens is 1. The zero-order valence-corrected chi connectivity index (χ0v) is 10.6. The summed E-state index contributed by atoms with van der Waals surface area (Å²) >= 11 is 0. The molecule has 0 aliphatic carbocycles. The van der Waals surface area contributed by atoms with Crippen LogP contribution >= 0.6 is 0 Å². The molecule has 0 saturated carbocycles. The summed E-state index contributed by atoms with van der Waals surface area (Å²) in [5, 5.41) is 12.3. The summed E-state index contributed by atoms with van der Waals surface area (Å²) in [7, 11) is 5.29. The monoisotopic (exact) mass is 248 g/mol. The molecule has 0 aliphatic rings. The number of hydrogen-bond donors (Lipinski definition) is 2. The van der Waals surface area contributed by atoms with Crippen molar-refractivity contribution in [1.82, 2.24) is 10.3 Å². The second-order valence-electron chi connectivity index (χ2n) is 3.55. The number of nitrogens with zero attached hydrogens (tertiary/aromatic N) is 1. The van der Waals surface area contributed by atoms with E-state index in [0.29, 0.717) is 16.7 Å². The van der Waals surface area contributed by atoms with Crippen molar-refractivity contribution in [2.75, 3.05) is 21.2 Å². The molecular formula is C13H16N2O3. The van der Waals surface area contributed by atoms with Crippen molar-refractivity contribution < 1.29 is 14.6 Å². The van der Waals surface area contributed by atoms with Crippen LogP contribution in [0.3, 0.4) is 0 Å². The fourth-order valence-electron chi connectivity index (χ4n) is 1.44. The molecule has 0 bridgehead atoms. The van der Waals surface area contributed by atoms with Gasteiger partial charge >= 0.3 is 5.97 Å². The highest BCUT2D eigenvalue weighted by Crippen LogP contribution is 2.22. The fraction of sp³-hybridized carbons (Fsp3) is 0.231. The zero-order valence-electron chi connectivity index (χ0n) is 10.6. The number of benzene rings is 1. The molecule has 2 aromatic rings. The molecule has 2 rings (SSSR count). The molecule has 0 amide bonds. The van der Waals surface area contributed by atoms with E-state index in [2.05, 4.69) is 10.3 Å². The molecular weight excluding hydrogens is 232 g/mol. The number of aromatic carboxylic acids is 1. The Morgan fingerprint density at radius 2 is 2.00 bits per heavy atom. The second-order valence-corrected chi connectivity index (χ2v) is 3.55. The minimum absolute atomic E-state index is 0.235. The van der Waals surface area contributed by atoms with Gasteiger partial charge in [-0.15, -0.1) is 0 Å². The predicted octanol–water partition coefficient (Wildman–Crippen LogP) is 1.78. The Hall–Kier alpha value is -2.14. The molecule has 1 aromatic heterocycles. The number of fused-ring (bicyclic) bond motifs is 1. The molecule has 0 fully saturated rings. The van der Waals surface area contributed by atoms with Crippen LogP contribution in [0.25, 0.3) is 10.9 Å². The summed E-state index contributed by atoms with van der Waals surface area (Å²) in [5.74, 6) is -0.339. The SMILES string of the molecule is CNC.COc1ccc2nccc(C(=O)O)c2c1. The van der Waals surface area contributed by atoms with Gasteiger partial charge in [-0.25, -0.2) is 4.79 Å². The van der Waals surface area contributed by atoms with Crippen molar-refractivity contribution in [2.45, 2.75) is 0 Å². The molecule has 18 heavy (non-hydrogen) atoms. The minimum atomic E-state index is -0.962. The van der Waals surface area contributed by atoms with Crippen LogP contribution in [-0.4, -0.2) is 37.3 Å². The van der Waals surface area contributed by atoms with Gasteiger partial charge in [-0.1, -0.05) is 0 Å². The van der Waals surface area contributed by atoms with E-state index in [4.69, 9.17) is 9.84 Å². The Morgan fingerprint density at radius 1 is 1.33 bits per heavy atom. The first kappa shape index (κ1) is 13.9. The maximum Gasteiger partial charge on any atom is 0.336 e. The van der Waals surface area contributed by atoms with Crippen LogP contribution in [0.4, 0.5) is 0 Å². The van der Waals surface area contributed by atoms with Crippen molar-refractivity contribution >= 4 is 16.9 Å². The van der Waals surface area contributed by atoms with Crippen LogP contribution < -0.4 is 10.1 Å². The molecule has 5 heteroatoms. The van der Waals surface area contributed by atoms with Gasteiger partial charge in [0, 0.05) is 11.6 Å². The number of ether oxygens (including phenoxy) is 1. The first-order valence-corrected chi connectivity index (χ1v) is 5.38. The van der Waals surface area contributed by atoms with Crippen molar-refractivity contribution in [3.63, 3.8) is 0 Å². The van der Waals surface area contributed by atoms with Crippen molar-refractivity contribution in [1.29, 1.82) is 0 Å². The maximum atomic E-state index is 10.9. The van der Waals surface area contributed by atoms with Gasteiger partial charge in [0.15, 0.2) is 0 Å². The minimum Gasteiger partial charge on any atom is -0.497 e. The van der Waals surface area contributed by atoms with E-state index in [9.17, 15) is 4.79 Å². The van der Waals surface area contributed by atoms with Crippen LogP contribution in [0, 0.1) is 0 Å². The third-order valence-electron chi connectivity index (χ3n) is 2.18. The van der Waals surface area contributed by atoms with Crippen molar-refractivity contribution in [2.24, 2.45) is 0 Å². The first-order valence-electron chi connectivity index (χ1n) is 5.38. The molecule has 5 nitrogen and oxygen atoms in total. The third-order valence-corrected chi connectivity index (χ3v) is 2.18. The lowest BCUT2D eigenvalue weighted by Gasteiger charge is -2.04. The Balaban J connectivity index is 0.000000492. The Bertz CT molecular complexity index is 541. The molecule has 0 radical (unpaired) electrons. The Morgan fingerprint density at radius 3 is 2.56 bits per heavy atom. The average molecular weight is 248 g/mol. The van der Waals surface area contributed by atoms with E-state index in [1.54, 1.807) is 18.2 Å². The number of nitrogens with one attached hydrogen (secondary N) is 1. The van der Waals surface area contributed by atoms with E-state index in [-0.39, 0.29) is 5.56 Å². The smallest absolute Gasteiger partial charge is 0.336 e. The summed E-state index contributed by atoms with van der Waals surface area (Å²) in [5.41, 5.74) is 0.884. The third kappa shape index (κ3) is 3.18.